The number of anilines is 1. The molecule has 1 aliphatic rings. The van der Waals surface area contributed by atoms with Crippen LogP contribution in [0.25, 0.3) is 22.6 Å². The zero-order chi connectivity index (χ0) is 19.0. The Morgan fingerprint density at radius 2 is 2.07 bits per heavy atom. The van der Waals surface area contributed by atoms with Crippen LogP contribution in [-0.2, 0) is 11.3 Å². The van der Waals surface area contributed by atoms with Gasteiger partial charge in [-0.1, -0.05) is 6.07 Å². The predicted molar refractivity (Wildman–Crippen MR) is 103 cm³/mol. The van der Waals surface area contributed by atoms with E-state index in [-0.39, 0.29) is 11.8 Å². The van der Waals surface area contributed by atoms with Crippen molar-refractivity contribution in [2.45, 2.75) is 26.3 Å². The summed E-state index contributed by atoms with van der Waals surface area (Å²) in [5.74, 6) is 0.745. The summed E-state index contributed by atoms with van der Waals surface area (Å²) in [6, 6.07) is 6.04. The van der Waals surface area contributed by atoms with Crippen molar-refractivity contribution >= 4 is 22.8 Å². The number of nitrogens with two attached hydrogens (primary N) is 2. The van der Waals surface area contributed by atoms with E-state index in [9.17, 15) is 4.79 Å². The number of nitrogens with one attached hydrogen (secondary N) is 1. The number of imidazole rings is 1. The fourth-order valence-corrected chi connectivity index (χ4v) is 3.53. The molecule has 8 nitrogen and oxygen atoms in total. The van der Waals surface area contributed by atoms with Gasteiger partial charge in [0.1, 0.15) is 5.69 Å². The number of rotatable bonds is 4. The number of primary amides is 1. The lowest BCUT2D eigenvalue weighted by Crippen LogP contribution is -2.38. The second kappa shape index (κ2) is 6.96. The van der Waals surface area contributed by atoms with Gasteiger partial charge in [-0.25, -0.2) is 15.0 Å². The molecular weight excluding hydrogens is 342 g/mol. The molecule has 0 atom stereocenters. The fraction of sp³-hybridized carbons (Fsp3) is 0.368. The summed E-state index contributed by atoms with van der Waals surface area (Å²) in [7, 11) is 0. The minimum absolute atomic E-state index is 0.0201. The molecule has 1 aliphatic heterocycles. The second-order valence-corrected chi connectivity index (χ2v) is 7.15. The van der Waals surface area contributed by atoms with E-state index in [1.807, 2.05) is 25.1 Å². The van der Waals surface area contributed by atoms with Gasteiger partial charge in [-0.15, -0.1) is 0 Å². The lowest BCUT2D eigenvalue weighted by atomic mass is 9.96. The molecule has 140 valence electrons. The van der Waals surface area contributed by atoms with E-state index >= 15 is 0 Å². The molecule has 3 aromatic rings. The van der Waals surface area contributed by atoms with Crippen molar-refractivity contribution in [3.05, 3.63) is 35.7 Å². The number of aromatic amines is 1. The zero-order valence-electron chi connectivity index (χ0n) is 15.3. The molecule has 1 fully saturated rings. The first-order valence-electron chi connectivity index (χ1n) is 9.09. The largest absolute Gasteiger partial charge is 0.382 e. The molecule has 8 heteroatoms. The van der Waals surface area contributed by atoms with Crippen LogP contribution in [0.3, 0.4) is 0 Å². The van der Waals surface area contributed by atoms with Crippen LogP contribution >= 0.6 is 0 Å². The van der Waals surface area contributed by atoms with Crippen molar-refractivity contribution in [3.8, 4) is 11.5 Å². The van der Waals surface area contributed by atoms with Crippen LogP contribution in [-0.4, -0.2) is 43.8 Å². The van der Waals surface area contributed by atoms with Crippen LogP contribution in [0.5, 0.6) is 0 Å². The quantitative estimate of drug-likeness (QED) is 0.644. The van der Waals surface area contributed by atoms with Crippen molar-refractivity contribution in [1.29, 1.82) is 0 Å². The van der Waals surface area contributed by atoms with Gasteiger partial charge in [-0.3, -0.25) is 9.69 Å². The summed E-state index contributed by atoms with van der Waals surface area (Å²) in [6.07, 6.45) is 3.27. The average Bonchev–Trinajstić information content (AvgIpc) is 3.06. The van der Waals surface area contributed by atoms with E-state index < -0.39 is 0 Å². The summed E-state index contributed by atoms with van der Waals surface area (Å²) in [5.41, 5.74) is 15.8. The number of benzene rings is 1. The van der Waals surface area contributed by atoms with Gasteiger partial charge in [0.15, 0.2) is 11.6 Å². The number of aromatic nitrogens is 4. The Morgan fingerprint density at radius 3 is 2.81 bits per heavy atom. The molecule has 0 spiro atoms. The average molecular weight is 365 g/mol. The van der Waals surface area contributed by atoms with Gasteiger partial charge in [0.05, 0.1) is 22.9 Å². The van der Waals surface area contributed by atoms with Gasteiger partial charge in [-0.2, -0.15) is 0 Å². The number of aryl methyl sites for hydroxylation is 1. The third kappa shape index (κ3) is 3.61. The molecule has 1 saturated heterocycles. The molecule has 2 aromatic heterocycles. The number of nitrogen functional groups attached to an aromatic ring is 1. The Morgan fingerprint density at radius 1 is 1.30 bits per heavy atom. The van der Waals surface area contributed by atoms with Crippen molar-refractivity contribution < 1.29 is 4.79 Å². The van der Waals surface area contributed by atoms with Crippen LogP contribution in [0.1, 0.15) is 24.1 Å². The monoisotopic (exact) mass is 365 g/mol. The second-order valence-electron chi connectivity index (χ2n) is 7.15. The van der Waals surface area contributed by atoms with Crippen LogP contribution in [0, 0.1) is 12.8 Å². The van der Waals surface area contributed by atoms with Gasteiger partial charge in [0.25, 0.3) is 0 Å². The maximum absolute atomic E-state index is 11.3. The number of amides is 1. The number of likely N-dealkylation sites (tertiary alicyclic amines) is 1. The highest BCUT2D eigenvalue weighted by molar-refractivity contribution is 5.81. The zero-order valence-corrected chi connectivity index (χ0v) is 15.3. The Bertz CT molecular complexity index is 989. The highest BCUT2D eigenvalue weighted by Gasteiger charge is 2.23. The van der Waals surface area contributed by atoms with Gasteiger partial charge in [0, 0.05) is 12.5 Å². The number of piperidine rings is 1. The molecule has 1 amide bonds. The van der Waals surface area contributed by atoms with E-state index in [1.54, 1.807) is 6.20 Å². The lowest BCUT2D eigenvalue weighted by Gasteiger charge is -2.30. The Kier molecular flexibility index (Phi) is 4.49. The normalized spacial score (nSPS) is 16.0. The molecule has 3 heterocycles. The maximum Gasteiger partial charge on any atom is 0.220 e. The van der Waals surface area contributed by atoms with Crippen LogP contribution in [0.15, 0.2) is 24.4 Å². The number of carbonyl (C=O) groups excluding carboxylic acids is 1. The summed E-state index contributed by atoms with van der Waals surface area (Å²) in [4.78, 5) is 30.4. The standard InChI is InChI=1S/C19H23N7O/c1-11-2-3-14-15(8-11)25-19(24-14)16-17(20)22-9-13(23-16)10-26-6-4-12(5-7-26)18(21)27/h2-3,8-9,12H,4-7,10H2,1H3,(H2,20,22)(H2,21,27)(H,24,25). The summed E-state index contributed by atoms with van der Waals surface area (Å²) < 4.78 is 0. The summed E-state index contributed by atoms with van der Waals surface area (Å²) in [6.45, 7) is 4.33. The van der Waals surface area contributed by atoms with Crippen LogP contribution < -0.4 is 11.5 Å². The minimum atomic E-state index is -0.204. The smallest absolute Gasteiger partial charge is 0.220 e. The molecular formula is C19H23N7O. The summed E-state index contributed by atoms with van der Waals surface area (Å²) in [5, 5.41) is 0. The van der Waals surface area contributed by atoms with Crippen molar-refractivity contribution in [2.75, 3.05) is 18.8 Å². The fourth-order valence-electron chi connectivity index (χ4n) is 3.53. The number of nitrogens with zero attached hydrogens (tertiary/aromatic N) is 4. The van der Waals surface area contributed by atoms with Crippen LogP contribution in [0.4, 0.5) is 5.82 Å². The van der Waals surface area contributed by atoms with E-state index in [2.05, 4.69) is 19.9 Å². The first kappa shape index (κ1) is 17.4. The van der Waals surface area contributed by atoms with E-state index in [0.717, 1.165) is 48.2 Å². The molecule has 0 bridgehead atoms. The minimum Gasteiger partial charge on any atom is -0.382 e. The maximum atomic E-state index is 11.3. The van der Waals surface area contributed by atoms with E-state index in [0.29, 0.717) is 23.9 Å². The first-order chi connectivity index (χ1) is 13.0. The molecule has 0 saturated carbocycles. The van der Waals surface area contributed by atoms with E-state index in [4.69, 9.17) is 16.5 Å². The van der Waals surface area contributed by atoms with Crippen LogP contribution in [0.2, 0.25) is 0 Å². The van der Waals surface area contributed by atoms with Crippen molar-refractivity contribution in [2.24, 2.45) is 11.7 Å². The molecule has 0 radical (unpaired) electrons. The third-order valence-corrected chi connectivity index (χ3v) is 5.09. The van der Waals surface area contributed by atoms with Gasteiger partial charge in [0.2, 0.25) is 5.91 Å². The third-order valence-electron chi connectivity index (χ3n) is 5.09. The number of hydrogen-bond donors (Lipinski definition) is 3. The number of H-pyrrole nitrogens is 1. The highest BCUT2D eigenvalue weighted by atomic mass is 16.1. The number of fused-ring (bicyclic) bond motifs is 1. The Balaban J connectivity index is 1.55. The van der Waals surface area contributed by atoms with Crippen molar-refractivity contribution in [1.82, 2.24) is 24.8 Å². The lowest BCUT2D eigenvalue weighted by molar-refractivity contribution is -0.123. The Hall–Kier alpha value is -3.00. The van der Waals surface area contributed by atoms with Gasteiger partial charge < -0.3 is 16.5 Å². The van der Waals surface area contributed by atoms with Gasteiger partial charge in [-0.05, 0) is 50.6 Å². The molecule has 5 N–H and O–H groups in total. The molecule has 1 aromatic carbocycles. The number of hydrogen-bond acceptors (Lipinski definition) is 6. The van der Waals surface area contributed by atoms with E-state index in [1.165, 1.54) is 0 Å². The van der Waals surface area contributed by atoms with Crippen molar-refractivity contribution in [3.63, 3.8) is 0 Å². The molecule has 0 aliphatic carbocycles. The number of carbonyl (C=O) groups is 1. The molecule has 4 rings (SSSR count). The first-order valence-corrected chi connectivity index (χ1v) is 9.09. The SMILES string of the molecule is Cc1ccc2nc(-c3nc(CN4CCC(C(N)=O)CC4)cnc3N)[nH]c2c1. The molecule has 27 heavy (non-hydrogen) atoms. The van der Waals surface area contributed by atoms with Gasteiger partial charge >= 0.3 is 0 Å². The Labute approximate surface area is 157 Å². The highest BCUT2D eigenvalue weighted by Crippen LogP contribution is 2.24. The summed E-state index contributed by atoms with van der Waals surface area (Å²) >= 11 is 0. The molecule has 0 unspecified atom stereocenters. The topological polar surface area (TPSA) is 127 Å². The predicted octanol–water partition coefficient (Wildman–Crippen LogP) is 1.61.